The number of hydrogen-bond donors (Lipinski definition) is 2. The van der Waals surface area contributed by atoms with Crippen molar-refractivity contribution in [2.24, 2.45) is 5.92 Å². The molecule has 1 amide bonds. The zero-order valence-electron chi connectivity index (χ0n) is 16.3. The van der Waals surface area contributed by atoms with Gasteiger partial charge in [-0.2, -0.15) is 0 Å². The number of carbonyl (C=O) groups is 1. The van der Waals surface area contributed by atoms with Crippen molar-refractivity contribution < 1.29 is 9.53 Å². The van der Waals surface area contributed by atoms with Crippen LogP contribution in [0.2, 0.25) is 0 Å². The minimum Gasteiger partial charge on any atom is -0.489 e. The Labute approximate surface area is 173 Å². The highest BCUT2D eigenvalue weighted by Gasteiger charge is 2.44. The molecule has 2 N–H and O–H groups in total. The quantitative estimate of drug-likeness (QED) is 0.769. The van der Waals surface area contributed by atoms with Crippen LogP contribution >= 0.6 is 12.4 Å². The topological polar surface area (TPSA) is 50.4 Å². The molecule has 2 fully saturated rings. The SMILES string of the molecule is CC1CC(NC(=O)C2CC2c2ccc(OCc3ccccc3)cc2)CCN1.Cl. The van der Waals surface area contributed by atoms with E-state index in [1.54, 1.807) is 0 Å². The van der Waals surface area contributed by atoms with Crippen LogP contribution in [0.1, 0.15) is 43.2 Å². The van der Waals surface area contributed by atoms with Crippen LogP contribution in [0.4, 0.5) is 0 Å². The van der Waals surface area contributed by atoms with E-state index in [2.05, 4.69) is 41.8 Å². The van der Waals surface area contributed by atoms with Crippen molar-refractivity contribution in [3.05, 3.63) is 65.7 Å². The first-order chi connectivity index (χ1) is 13.2. The highest BCUT2D eigenvalue weighted by molar-refractivity contribution is 5.85. The molecule has 1 saturated heterocycles. The van der Waals surface area contributed by atoms with E-state index in [9.17, 15) is 4.79 Å². The lowest BCUT2D eigenvalue weighted by molar-refractivity contribution is -0.123. The molecule has 0 spiro atoms. The van der Waals surface area contributed by atoms with Crippen molar-refractivity contribution in [2.75, 3.05) is 6.54 Å². The second kappa shape index (κ2) is 9.44. The van der Waals surface area contributed by atoms with Gasteiger partial charge in [0.1, 0.15) is 12.4 Å². The maximum Gasteiger partial charge on any atom is 0.223 e. The predicted octanol–water partition coefficient (Wildman–Crippen LogP) is 4.05. The van der Waals surface area contributed by atoms with E-state index in [1.807, 2.05) is 30.3 Å². The fourth-order valence-electron chi connectivity index (χ4n) is 3.98. The summed E-state index contributed by atoms with van der Waals surface area (Å²) in [6.07, 6.45) is 3.01. The van der Waals surface area contributed by atoms with Gasteiger partial charge >= 0.3 is 0 Å². The minimum atomic E-state index is 0. The Kier molecular flexibility index (Phi) is 6.97. The molecule has 1 saturated carbocycles. The van der Waals surface area contributed by atoms with Crippen molar-refractivity contribution in [3.8, 4) is 5.75 Å². The van der Waals surface area contributed by atoms with Gasteiger partial charge in [-0.3, -0.25) is 4.79 Å². The average molecular weight is 401 g/mol. The van der Waals surface area contributed by atoms with Crippen LogP contribution in [-0.4, -0.2) is 24.5 Å². The molecular formula is C23H29ClN2O2. The van der Waals surface area contributed by atoms with Crippen LogP contribution in [0.25, 0.3) is 0 Å². The first-order valence-electron chi connectivity index (χ1n) is 9.99. The van der Waals surface area contributed by atoms with E-state index < -0.39 is 0 Å². The number of hydrogen-bond acceptors (Lipinski definition) is 3. The molecule has 1 aliphatic carbocycles. The summed E-state index contributed by atoms with van der Waals surface area (Å²) in [7, 11) is 0. The highest BCUT2D eigenvalue weighted by atomic mass is 35.5. The lowest BCUT2D eigenvalue weighted by atomic mass is 10.0. The molecule has 1 aliphatic heterocycles. The summed E-state index contributed by atoms with van der Waals surface area (Å²) in [6.45, 7) is 3.74. The Morgan fingerprint density at radius 2 is 1.86 bits per heavy atom. The van der Waals surface area contributed by atoms with Gasteiger partial charge in [0.05, 0.1) is 0 Å². The van der Waals surface area contributed by atoms with Crippen LogP contribution in [0.3, 0.4) is 0 Å². The van der Waals surface area contributed by atoms with Crippen molar-refractivity contribution in [2.45, 2.75) is 50.8 Å². The number of nitrogens with one attached hydrogen (secondary N) is 2. The molecule has 2 aliphatic rings. The third-order valence-corrected chi connectivity index (χ3v) is 5.65. The van der Waals surface area contributed by atoms with E-state index in [-0.39, 0.29) is 24.2 Å². The second-order valence-electron chi connectivity index (χ2n) is 7.88. The van der Waals surface area contributed by atoms with Gasteiger partial charge in [-0.15, -0.1) is 12.4 Å². The molecule has 4 unspecified atom stereocenters. The molecule has 150 valence electrons. The molecule has 0 bridgehead atoms. The molecule has 4 atom stereocenters. The Morgan fingerprint density at radius 1 is 1.11 bits per heavy atom. The van der Waals surface area contributed by atoms with Crippen LogP contribution in [-0.2, 0) is 11.4 Å². The normalized spacial score (nSPS) is 26.0. The molecule has 2 aromatic carbocycles. The van der Waals surface area contributed by atoms with Gasteiger partial charge in [0.2, 0.25) is 5.91 Å². The van der Waals surface area contributed by atoms with E-state index in [4.69, 9.17) is 4.74 Å². The molecule has 4 rings (SSSR count). The van der Waals surface area contributed by atoms with Crippen LogP contribution in [0, 0.1) is 5.92 Å². The Hall–Kier alpha value is -2.04. The van der Waals surface area contributed by atoms with Crippen molar-refractivity contribution in [1.29, 1.82) is 0 Å². The van der Waals surface area contributed by atoms with Crippen molar-refractivity contribution in [1.82, 2.24) is 10.6 Å². The van der Waals surface area contributed by atoms with Crippen LogP contribution < -0.4 is 15.4 Å². The van der Waals surface area contributed by atoms with Gasteiger partial charge < -0.3 is 15.4 Å². The van der Waals surface area contributed by atoms with Crippen LogP contribution in [0.5, 0.6) is 5.75 Å². The summed E-state index contributed by atoms with van der Waals surface area (Å²) in [6, 6.07) is 19.2. The predicted molar refractivity (Wildman–Crippen MR) is 114 cm³/mol. The van der Waals surface area contributed by atoms with E-state index in [0.29, 0.717) is 24.6 Å². The zero-order chi connectivity index (χ0) is 18.6. The number of halogens is 1. The summed E-state index contributed by atoms with van der Waals surface area (Å²) < 4.78 is 5.85. The van der Waals surface area contributed by atoms with Crippen molar-refractivity contribution in [3.63, 3.8) is 0 Å². The van der Waals surface area contributed by atoms with Crippen molar-refractivity contribution >= 4 is 18.3 Å². The van der Waals surface area contributed by atoms with Gasteiger partial charge in [-0.1, -0.05) is 42.5 Å². The highest BCUT2D eigenvalue weighted by Crippen LogP contribution is 2.47. The van der Waals surface area contributed by atoms with Gasteiger partial charge in [0, 0.05) is 18.0 Å². The van der Waals surface area contributed by atoms with Gasteiger partial charge in [-0.25, -0.2) is 0 Å². The fourth-order valence-corrected chi connectivity index (χ4v) is 3.98. The smallest absolute Gasteiger partial charge is 0.223 e. The number of benzene rings is 2. The lowest BCUT2D eigenvalue weighted by Gasteiger charge is -2.28. The van der Waals surface area contributed by atoms with Gasteiger partial charge in [0.15, 0.2) is 0 Å². The third-order valence-electron chi connectivity index (χ3n) is 5.65. The molecule has 1 heterocycles. The summed E-state index contributed by atoms with van der Waals surface area (Å²) in [5, 5.41) is 6.68. The summed E-state index contributed by atoms with van der Waals surface area (Å²) in [4.78, 5) is 12.5. The second-order valence-corrected chi connectivity index (χ2v) is 7.88. The lowest BCUT2D eigenvalue weighted by Crippen LogP contribution is -2.47. The van der Waals surface area contributed by atoms with E-state index in [0.717, 1.165) is 37.1 Å². The van der Waals surface area contributed by atoms with E-state index in [1.165, 1.54) is 5.56 Å². The molecule has 2 aromatic rings. The van der Waals surface area contributed by atoms with Crippen LogP contribution in [0.15, 0.2) is 54.6 Å². The first-order valence-corrected chi connectivity index (χ1v) is 9.99. The standard InChI is InChI=1S/C23H28N2O2.ClH/c1-16-13-19(11-12-24-16)25-23(26)22-14-21(22)18-7-9-20(10-8-18)27-15-17-5-3-2-4-6-17;/h2-10,16,19,21-22,24H,11-15H2,1H3,(H,25,26);1H. The van der Waals surface area contributed by atoms with Gasteiger partial charge in [-0.05, 0) is 61.9 Å². The summed E-state index contributed by atoms with van der Waals surface area (Å²) in [5.41, 5.74) is 2.40. The summed E-state index contributed by atoms with van der Waals surface area (Å²) >= 11 is 0. The Bertz CT molecular complexity index is 766. The maximum atomic E-state index is 12.5. The fraction of sp³-hybridized carbons (Fsp3) is 0.435. The Morgan fingerprint density at radius 3 is 2.57 bits per heavy atom. The minimum absolute atomic E-state index is 0. The number of rotatable bonds is 6. The molecular weight excluding hydrogens is 372 g/mol. The molecule has 4 nitrogen and oxygen atoms in total. The third kappa shape index (κ3) is 5.27. The average Bonchev–Trinajstić information content (AvgIpc) is 3.49. The zero-order valence-corrected chi connectivity index (χ0v) is 17.1. The monoisotopic (exact) mass is 400 g/mol. The number of amides is 1. The molecule has 0 radical (unpaired) electrons. The molecule has 5 heteroatoms. The largest absolute Gasteiger partial charge is 0.489 e. The molecule has 0 aromatic heterocycles. The number of ether oxygens (including phenoxy) is 1. The maximum absolute atomic E-state index is 12.5. The summed E-state index contributed by atoms with van der Waals surface area (Å²) in [5.74, 6) is 1.58. The Balaban J connectivity index is 0.00000225. The first kappa shape index (κ1) is 20.7. The van der Waals surface area contributed by atoms with Gasteiger partial charge in [0.25, 0.3) is 0 Å². The molecule has 28 heavy (non-hydrogen) atoms. The number of carbonyl (C=O) groups excluding carboxylic acids is 1. The number of piperidine rings is 1. The van der Waals surface area contributed by atoms with E-state index >= 15 is 0 Å².